The molecule has 1 aromatic rings. The molecular formula is C16H22BFN2O4. The maximum atomic E-state index is 13.7. The van der Waals surface area contributed by atoms with Gasteiger partial charge in [-0.15, -0.1) is 0 Å². The number of carbonyl (C=O) groups is 1. The quantitative estimate of drug-likeness (QED) is 0.778. The molecule has 0 radical (unpaired) electrons. The first kappa shape index (κ1) is 17.0. The summed E-state index contributed by atoms with van der Waals surface area (Å²) in [5.74, 6) is -0.512. The molecule has 8 heteroatoms. The summed E-state index contributed by atoms with van der Waals surface area (Å²) >= 11 is 0. The number of hydrogen-bond acceptors (Lipinski definition) is 5. The molecule has 24 heavy (non-hydrogen) atoms. The van der Waals surface area contributed by atoms with Crippen LogP contribution in [0, 0.1) is 5.82 Å². The third kappa shape index (κ3) is 3.34. The van der Waals surface area contributed by atoms with Crippen LogP contribution in [0.1, 0.15) is 27.2 Å². The Labute approximate surface area is 141 Å². The lowest BCUT2D eigenvalue weighted by atomic mass is 9.80. The second-order valence-electron chi connectivity index (χ2n) is 7.44. The SMILES string of the molecule is CC(C)(C)OC(=O)N1CC2CC1CN2c1cc(F)cc(B(O)O)c1. The standard InChI is InChI=1S/C16H22BFN2O4/c1-16(2,3)24-15(21)20-9-13-7-14(20)8-19(13)12-5-10(17(22)23)4-11(18)6-12/h4-6,13-14,22-23H,7-9H2,1-3H3. The minimum atomic E-state index is -1.71. The third-order valence-electron chi connectivity index (χ3n) is 4.40. The summed E-state index contributed by atoms with van der Waals surface area (Å²) in [7, 11) is -1.71. The zero-order valence-electron chi connectivity index (χ0n) is 14.1. The summed E-state index contributed by atoms with van der Waals surface area (Å²) in [6, 6.07) is 4.16. The molecule has 2 N–H and O–H groups in total. The van der Waals surface area contributed by atoms with Gasteiger partial charge in [0.05, 0.1) is 6.04 Å². The molecule has 3 rings (SSSR count). The fourth-order valence-electron chi connectivity index (χ4n) is 3.44. The summed E-state index contributed by atoms with van der Waals surface area (Å²) in [5.41, 5.74) is 0.194. The average molecular weight is 336 g/mol. The van der Waals surface area contributed by atoms with E-state index in [0.29, 0.717) is 18.8 Å². The molecule has 6 nitrogen and oxygen atoms in total. The van der Waals surface area contributed by atoms with E-state index in [0.717, 1.165) is 12.5 Å². The number of amides is 1. The lowest BCUT2D eigenvalue weighted by molar-refractivity contribution is 0.0214. The normalized spacial score (nSPS) is 22.9. The van der Waals surface area contributed by atoms with Gasteiger partial charge in [-0.2, -0.15) is 0 Å². The predicted molar refractivity (Wildman–Crippen MR) is 88.7 cm³/mol. The molecule has 2 aliphatic heterocycles. The molecule has 1 aromatic carbocycles. The van der Waals surface area contributed by atoms with Gasteiger partial charge in [-0.3, -0.25) is 0 Å². The molecular weight excluding hydrogens is 314 g/mol. The molecule has 130 valence electrons. The van der Waals surface area contributed by atoms with E-state index in [1.54, 1.807) is 11.0 Å². The van der Waals surface area contributed by atoms with Gasteiger partial charge in [-0.25, -0.2) is 9.18 Å². The van der Waals surface area contributed by atoms with Crippen molar-refractivity contribution in [3.05, 3.63) is 24.0 Å². The van der Waals surface area contributed by atoms with Gasteiger partial charge in [-0.05, 0) is 50.9 Å². The molecule has 2 fully saturated rings. The van der Waals surface area contributed by atoms with Crippen molar-refractivity contribution in [3.8, 4) is 0 Å². The Kier molecular flexibility index (Phi) is 4.21. The van der Waals surface area contributed by atoms with Gasteiger partial charge in [-0.1, -0.05) is 0 Å². The lowest BCUT2D eigenvalue weighted by Gasteiger charge is -2.36. The molecule has 0 spiro atoms. The highest BCUT2D eigenvalue weighted by Crippen LogP contribution is 2.35. The van der Waals surface area contributed by atoms with E-state index >= 15 is 0 Å². The van der Waals surface area contributed by atoms with Crippen LogP contribution in [0.4, 0.5) is 14.9 Å². The van der Waals surface area contributed by atoms with Crippen molar-refractivity contribution in [1.29, 1.82) is 0 Å². The number of piperazine rings is 1. The highest BCUT2D eigenvalue weighted by Gasteiger charge is 2.46. The van der Waals surface area contributed by atoms with E-state index in [-0.39, 0.29) is 23.6 Å². The second-order valence-corrected chi connectivity index (χ2v) is 7.44. The fraction of sp³-hybridized carbons (Fsp3) is 0.562. The number of anilines is 1. The topological polar surface area (TPSA) is 73.2 Å². The number of ether oxygens (including phenoxy) is 1. The molecule has 2 heterocycles. The Morgan fingerprint density at radius 2 is 1.96 bits per heavy atom. The largest absolute Gasteiger partial charge is 0.488 e. The van der Waals surface area contributed by atoms with Crippen molar-refractivity contribution in [2.75, 3.05) is 18.0 Å². The first-order valence-corrected chi connectivity index (χ1v) is 8.07. The summed E-state index contributed by atoms with van der Waals surface area (Å²) in [4.78, 5) is 16.0. The number of likely N-dealkylation sites (tertiary alicyclic amines) is 1. The van der Waals surface area contributed by atoms with Crippen molar-refractivity contribution in [3.63, 3.8) is 0 Å². The molecule has 2 unspecified atom stereocenters. The Balaban J connectivity index is 1.73. The van der Waals surface area contributed by atoms with Crippen molar-refractivity contribution >= 4 is 24.4 Å². The van der Waals surface area contributed by atoms with Gasteiger partial charge in [0.15, 0.2) is 0 Å². The number of hydrogen-bond donors (Lipinski definition) is 2. The van der Waals surface area contributed by atoms with E-state index < -0.39 is 18.5 Å². The summed E-state index contributed by atoms with van der Waals surface area (Å²) in [5, 5.41) is 18.5. The minimum Gasteiger partial charge on any atom is -0.444 e. The Hall–Kier alpha value is -1.80. The first-order valence-electron chi connectivity index (χ1n) is 8.07. The number of carbonyl (C=O) groups excluding carboxylic acids is 1. The van der Waals surface area contributed by atoms with E-state index in [1.165, 1.54) is 6.07 Å². The van der Waals surface area contributed by atoms with E-state index in [2.05, 4.69) is 0 Å². The predicted octanol–water partition coefficient (Wildman–Crippen LogP) is 0.703. The molecule has 2 atom stereocenters. The monoisotopic (exact) mass is 336 g/mol. The molecule has 0 saturated carbocycles. The van der Waals surface area contributed by atoms with Crippen molar-refractivity contribution in [1.82, 2.24) is 4.90 Å². The smallest absolute Gasteiger partial charge is 0.444 e. The van der Waals surface area contributed by atoms with Gasteiger partial charge in [0.2, 0.25) is 0 Å². The summed E-state index contributed by atoms with van der Waals surface area (Å²) < 4.78 is 19.2. The number of nitrogens with zero attached hydrogens (tertiary/aromatic N) is 2. The van der Waals surface area contributed by atoms with Gasteiger partial charge in [0, 0.05) is 24.8 Å². The van der Waals surface area contributed by atoms with Crippen LogP contribution in [0.3, 0.4) is 0 Å². The van der Waals surface area contributed by atoms with Crippen LogP contribution in [0.25, 0.3) is 0 Å². The number of halogens is 1. The van der Waals surface area contributed by atoms with Gasteiger partial charge in [0.1, 0.15) is 11.4 Å². The average Bonchev–Trinajstić information content (AvgIpc) is 3.04. The Morgan fingerprint density at radius 3 is 2.50 bits per heavy atom. The van der Waals surface area contributed by atoms with Crippen molar-refractivity contribution in [2.45, 2.75) is 44.9 Å². The molecule has 2 saturated heterocycles. The number of rotatable bonds is 2. The van der Waals surface area contributed by atoms with E-state index in [9.17, 15) is 19.2 Å². The Morgan fingerprint density at radius 1 is 1.25 bits per heavy atom. The summed E-state index contributed by atoms with van der Waals surface area (Å²) in [6.45, 7) is 6.60. The van der Waals surface area contributed by atoms with Crippen LogP contribution < -0.4 is 10.4 Å². The van der Waals surface area contributed by atoms with Crippen LogP contribution in [-0.2, 0) is 4.74 Å². The van der Waals surface area contributed by atoms with Crippen LogP contribution in [0.5, 0.6) is 0 Å². The van der Waals surface area contributed by atoms with E-state index in [1.807, 2.05) is 25.7 Å². The van der Waals surface area contributed by atoms with E-state index in [4.69, 9.17) is 4.74 Å². The van der Waals surface area contributed by atoms with Crippen LogP contribution in [0.2, 0.25) is 0 Å². The zero-order chi connectivity index (χ0) is 17.6. The maximum Gasteiger partial charge on any atom is 0.488 e. The number of fused-ring (bicyclic) bond motifs is 2. The summed E-state index contributed by atoms with van der Waals surface area (Å²) in [6.07, 6.45) is 0.479. The fourth-order valence-corrected chi connectivity index (χ4v) is 3.44. The van der Waals surface area contributed by atoms with Gasteiger partial charge in [0.25, 0.3) is 0 Å². The lowest BCUT2D eigenvalue weighted by Crippen LogP contribution is -2.50. The Bertz CT molecular complexity index is 649. The second kappa shape index (κ2) is 5.93. The van der Waals surface area contributed by atoms with Crippen molar-refractivity contribution < 1.29 is 24.0 Å². The first-order chi connectivity index (χ1) is 11.1. The third-order valence-corrected chi connectivity index (χ3v) is 4.40. The molecule has 0 aromatic heterocycles. The van der Waals surface area contributed by atoms with Crippen molar-refractivity contribution in [2.24, 2.45) is 0 Å². The zero-order valence-corrected chi connectivity index (χ0v) is 14.1. The molecule has 2 bridgehead atoms. The highest BCUT2D eigenvalue weighted by atomic mass is 19.1. The molecule has 1 amide bonds. The molecule has 2 aliphatic rings. The van der Waals surface area contributed by atoms with Crippen LogP contribution in [0.15, 0.2) is 18.2 Å². The van der Waals surface area contributed by atoms with Gasteiger partial charge >= 0.3 is 13.2 Å². The highest BCUT2D eigenvalue weighted by molar-refractivity contribution is 6.58. The maximum absolute atomic E-state index is 13.7. The van der Waals surface area contributed by atoms with Crippen LogP contribution >= 0.6 is 0 Å². The molecule has 0 aliphatic carbocycles. The van der Waals surface area contributed by atoms with Crippen LogP contribution in [-0.4, -0.2) is 58.9 Å². The van der Waals surface area contributed by atoms with Gasteiger partial charge < -0.3 is 24.6 Å². The minimum absolute atomic E-state index is 0.0237. The number of benzene rings is 1.